The third-order valence-electron chi connectivity index (χ3n) is 4.91. The standard InChI is InChI=1S/C14H17NO5/c16-12-11-10(13(17)18)9-3-4-14(11,20-9)7-15(12)6-8-2-1-5-19-8/h3-4,8-11H,1-2,5-7H2,(H,17,18). The predicted molar refractivity (Wildman–Crippen MR) is 66.9 cm³/mol. The summed E-state index contributed by atoms with van der Waals surface area (Å²) in [5.41, 5.74) is -0.719. The Kier molecular flexibility index (Phi) is 2.50. The highest BCUT2D eigenvalue weighted by Crippen LogP contribution is 2.51. The van der Waals surface area contributed by atoms with Crippen LogP contribution in [0.4, 0.5) is 0 Å². The first-order chi connectivity index (χ1) is 9.61. The van der Waals surface area contributed by atoms with Gasteiger partial charge >= 0.3 is 5.97 Å². The average Bonchev–Trinajstić information content (AvgIpc) is 3.12. The number of rotatable bonds is 3. The van der Waals surface area contributed by atoms with Gasteiger partial charge in [-0.05, 0) is 12.8 Å². The number of carboxylic acids is 1. The van der Waals surface area contributed by atoms with Gasteiger partial charge < -0.3 is 19.5 Å². The van der Waals surface area contributed by atoms with Gasteiger partial charge in [0, 0.05) is 13.2 Å². The Morgan fingerprint density at radius 2 is 2.40 bits per heavy atom. The van der Waals surface area contributed by atoms with Crippen LogP contribution in [0.5, 0.6) is 0 Å². The number of likely N-dealkylation sites (tertiary alicyclic amines) is 1. The first-order valence-electron chi connectivity index (χ1n) is 7.11. The van der Waals surface area contributed by atoms with Gasteiger partial charge in [0.25, 0.3) is 0 Å². The number of hydrogen-bond acceptors (Lipinski definition) is 4. The van der Waals surface area contributed by atoms with Crippen molar-refractivity contribution in [2.45, 2.75) is 30.7 Å². The van der Waals surface area contributed by atoms with Crippen molar-refractivity contribution >= 4 is 11.9 Å². The molecular weight excluding hydrogens is 262 g/mol. The zero-order valence-electron chi connectivity index (χ0n) is 11.0. The van der Waals surface area contributed by atoms with E-state index in [1.165, 1.54) is 0 Å². The van der Waals surface area contributed by atoms with E-state index in [1.54, 1.807) is 11.0 Å². The van der Waals surface area contributed by atoms with Crippen LogP contribution in [-0.2, 0) is 19.1 Å². The molecule has 108 valence electrons. The minimum Gasteiger partial charge on any atom is -0.481 e. The first kappa shape index (κ1) is 12.3. The Labute approximate surface area is 116 Å². The SMILES string of the molecule is O=C(O)C1C2C=CC3(CN(CC4CCCO4)C(=O)C13)O2. The van der Waals surface area contributed by atoms with Crippen LogP contribution in [-0.4, -0.2) is 59.4 Å². The summed E-state index contributed by atoms with van der Waals surface area (Å²) < 4.78 is 11.4. The second kappa shape index (κ2) is 4.05. The third-order valence-corrected chi connectivity index (χ3v) is 4.91. The van der Waals surface area contributed by atoms with Gasteiger partial charge in [-0.1, -0.05) is 12.2 Å². The molecule has 5 atom stereocenters. The van der Waals surface area contributed by atoms with Crippen molar-refractivity contribution in [3.05, 3.63) is 12.2 Å². The summed E-state index contributed by atoms with van der Waals surface area (Å²) in [6.07, 6.45) is 5.29. The molecule has 4 rings (SSSR count). The van der Waals surface area contributed by atoms with Crippen LogP contribution in [0, 0.1) is 11.8 Å². The highest BCUT2D eigenvalue weighted by atomic mass is 16.5. The molecule has 1 spiro atoms. The summed E-state index contributed by atoms with van der Waals surface area (Å²) in [6.45, 7) is 1.75. The smallest absolute Gasteiger partial charge is 0.310 e. The van der Waals surface area contributed by atoms with E-state index in [-0.39, 0.29) is 12.0 Å². The topological polar surface area (TPSA) is 76.1 Å². The number of carbonyl (C=O) groups excluding carboxylic acids is 1. The van der Waals surface area contributed by atoms with Crippen molar-refractivity contribution in [1.82, 2.24) is 4.90 Å². The molecule has 4 aliphatic heterocycles. The van der Waals surface area contributed by atoms with Gasteiger partial charge in [-0.2, -0.15) is 0 Å². The Balaban J connectivity index is 1.58. The average molecular weight is 279 g/mol. The number of fused-ring (bicyclic) bond motifs is 1. The fourth-order valence-corrected chi connectivity index (χ4v) is 4.05. The minimum absolute atomic E-state index is 0.0821. The van der Waals surface area contributed by atoms with Crippen molar-refractivity contribution in [3.63, 3.8) is 0 Å². The number of hydrogen-bond donors (Lipinski definition) is 1. The fraction of sp³-hybridized carbons (Fsp3) is 0.714. The van der Waals surface area contributed by atoms with E-state index in [0.717, 1.165) is 19.4 Å². The monoisotopic (exact) mass is 279 g/mol. The molecule has 0 aliphatic carbocycles. The molecule has 6 heteroatoms. The van der Waals surface area contributed by atoms with Crippen molar-refractivity contribution < 1.29 is 24.2 Å². The number of carbonyl (C=O) groups is 2. The molecule has 0 aromatic carbocycles. The van der Waals surface area contributed by atoms with Crippen molar-refractivity contribution in [1.29, 1.82) is 0 Å². The van der Waals surface area contributed by atoms with Crippen LogP contribution in [0.3, 0.4) is 0 Å². The lowest BCUT2D eigenvalue weighted by atomic mass is 9.77. The largest absolute Gasteiger partial charge is 0.481 e. The van der Waals surface area contributed by atoms with Crippen molar-refractivity contribution in [3.8, 4) is 0 Å². The van der Waals surface area contributed by atoms with Gasteiger partial charge in [-0.15, -0.1) is 0 Å². The second-order valence-corrected chi connectivity index (χ2v) is 6.09. The molecule has 2 bridgehead atoms. The summed E-state index contributed by atoms with van der Waals surface area (Å²) in [5.74, 6) is -2.36. The number of amides is 1. The van der Waals surface area contributed by atoms with E-state index in [2.05, 4.69) is 0 Å². The molecule has 4 heterocycles. The quantitative estimate of drug-likeness (QED) is 0.738. The molecule has 0 radical (unpaired) electrons. The van der Waals surface area contributed by atoms with Gasteiger partial charge in [0.15, 0.2) is 0 Å². The Morgan fingerprint density at radius 1 is 1.55 bits per heavy atom. The van der Waals surface area contributed by atoms with Gasteiger partial charge in [0.1, 0.15) is 11.5 Å². The zero-order chi connectivity index (χ0) is 13.9. The van der Waals surface area contributed by atoms with Crippen LogP contribution in [0.2, 0.25) is 0 Å². The van der Waals surface area contributed by atoms with E-state index >= 15 is 0 Å². The normalized spacial score (nSPS) is 45.4. The van der Waals surface area contributed by atoms with E-state index < -0.39 is 29.5 Å². The molecule has 1 N–H and O–H groups in total. The Bertz CT molecular complexity index is 498. The molecule has 1 amide bonds. The summed E-state index contributed by atoms with van der Waals surface area (Å²) >= 11 is 0. The van der Waals surface area contributed by atoms with Crippen LogP contribution < -0.4 is 0 Å². The maximum Gasteiger partial charge on any atom is 0.310 e. The van der Waals surface area contributed by atoms with Crippen LogP contribution in [0.1, 0.15) is 12.8 Å². The number of ether oxygens (including phenoxy) is 2. The lowest BCUT2D eigenvalue weighted by Gasteiger charge is -2.23. The molecule has 0 aromatic rings. The summed E-state index contributed by atoms with van der Waals surface area (Å²) in [7, 11) is 0. The Hall–Kier alpha value is -1.40. The third kappa shape index (κ3) is 1.52. The van der Waals surface area contributed by atoms with Gasteiger partial charge in [-0.25, -0.2) is 0 Å². The molecule has 5 unspecified atom stereocenters. The minimum atomic E-state index is -0.946. The molecule has 0 aromatic heterocycles. The van der Waals surface area contributed by atoms with Crippen LogP contribution in [0.15, 0.2) is 12.2 Å². The van der Waals surface area contributed by atoms with Crippen LogP contribution in [0.25, 0.3) is 0 Å². The number of aliphatic carboxylic acids is 1. The maximum absolute atomic E-state index is 12.6. The zero-order valence-corrected chi connectivity index (χ0v) is 11.0. The first-order valence-corrected chi connectivity index (χ1v) is 7.11. The van der Waals surface area contributed by atoms with E-state index in [4.69, 9.17) is 9.47 Å². The van der Waals surface area contributed by atoms with E-state index in [9.17, 15) is 14.7 Å². The molecular formula is C14H17NO5. The summed E-state index contributed by atoms with van der Waals surface area (Å²) in [6, 6.07) is 0. The van der Waals surface area contributed by atoms with Gasteiger partial charge in [0.2, 0.25) is 5.91 Å². The lowest BCUT2D eigenvalue weighted by molar-refractivity contribution is -0.148. The summed E-state index contributed by atoms with van der Waals surface area (Å²) in [4.78, 5) is 25.7. The highest BCUT2D eigenvalue weighted by Gasteiger charge is 2.67. The molecule has 6 nitrogen and oxygen atoms in total. The second-order valence-electron chi connectivity index (χ2n) is 6.09. The molecule has 3 fully saturated rings. The molecule has 3 saturated heterocycles. The van der Waals surface area contributed by atoms with Gasteiger partial charge in [-0.3, -0.25) is 9.59 Å². The molecule has 20 heavy (non-hydrogen) atoms. The highest BCUT2D eigenvalue weighted by molar-refractivity contribution is 5.90. The molecule has 0 saturated carbocycles. The van der Waals surface area contributed by atoms with Crippen molar-refractivity contribution in [2.24, 2.45) is 11.8 Å². The fourth-order valence-electron chi connectivity index (χ4n) is 4.05. The van der Waals surface area contributed by atoms with Crippen LogP contribution >= 0.6 is 0 Å². The summed E-state index contributed by atoms with van der Waals surface area (Å²) in [5, 5.41) is 9.36. The Morgan fingerprint density at radius 3 is 3.10 bits per heavy atom. The van der Waals surface area contributed by atoms with Gasteiger partial charge in [0.05, 0.1) is 24.7 Å². The number of nitrogens with zero attached hydrogens (tertiary/aromatic N) is 1. The maximum atomic E-state index is 12.6. The predicted octanol–water partition coefficient (Wildman–Crippen LogP) is 0.0320. The number of carboxylic acid groups (broad SMARTS) is 1. The molecule has 4 aliphatic rings. The van der Waals surface area contributed by atoms with E-state index in [0.29, 0.717) is 13.1 Å². The van der Waals surface area contributed by atoms with Crippen molar-refractivity contribution in [2.75, 3.05) is 19.7 Å². The van der Waals surface area contributed by atoms with E-state index in [1.807, 2.05) is 6.08 Å². The lowest BCUT2D eigenvalue weighted by Crippen LogP contribution is -2.39.